The number of aliphatic imine (C=N–C) groups is 1. The first-order valence-electron chi connectivity index (χ1n) is 15.0. The maximum absolute atomic E-state index is 12.6. The van der Waals surface area contributed by atoms with Gasteiger partial charge >= 0.3 is 12.1 Å². The van der Waals surface area contributed by atoms with Crippen LogP contribution >= 0.6 is 23.2 Å². The summed E-state index contributed by atoms with van der Waals surface area (Å²) in [4.78, 5) is 15.9. The molecule has 1 unspecified atom stereocenters. The quantitative estimate of drug-likeness (QED) is 0.0719. The second-order valence-corrected chi connectivity index (χ2v) is 11.4. The molecule has 0 aromatic heterocycles. The third-order valence-electron chi connectivity index (χ3n) is 6.56. The molecule has 0 spiro atoms. The van der Waals surface area contributed by atoms with E-state index < -0.39 is 17.7 Å². The second kappa shape index (κ2) is 20.5. The van der Waals surface area contributed by atoms with E-state index in [0.29, 0.717) is 32.7 Å². The van der Waals surface area contributed by atoms with Crippen LogP contribution in [0, 0.1) is 5.41 Å². The van der Waals surface area contributed by atoms with Gasteiger partial charge in [-0.3, -0.25) is 10.2 Å². The van der Waals surface area contributed by atoms with Crippen molar-refractivity contribution in [3.63, 3.8) is 0 Å². The fraction of sp³-hybridized carbons (Fsp3) is 0.229. The Balaban J connectivity index is 0.000000282. The normalized spacial score (nSPS) is 11.6. The molecule has 0 amide bonds. The van der Waals surface area contributed by atoms with E-state index in [1.54, 1.807) is 55.4 Å². The van der Waals surface area contributed by atoms with Crippen molar-refractivity contribution in [3.05, 3.63) is 124 Å². The van der Waals surface area contributed by atoms with Gasteiger partial charge in [0, 0.05) is 26.2 Å². The van der Waals surface area contributed by atoms with Gasteiger partial charge in [-0.15, -0.1) is 0 Å². The van der Waals surface area contributed by atoms with Gasteiger partial charge in [-0.1, -0.05) is 77.8 Å². The van der Waals surface area contributed by atoms with Crippen LogP contribution in [0.1, 0.15) is 29.2 Å². The number of para-hydroxylation sites is 2. The van der Waals surface area contributed by atoms with Gasteiger partial charge in [-0.2, -0.15) is 18.2 Å². The summed E-state index contributed by atoms with van der Waals surface area (Å²) < 4.78 is 43.6. The van der Waals surface area contributed by atoms with Crippen LogP contribution in [0.15, 0.2) is 102 Å². The van der Waals surface area contributed by atoms with Gasteiger partial charge in [0.15, 0.2) is 5.96 Å². The molecule has 0 aliphatic carbocycles. The van der Waals surface area contributed by atoms with Crippen LogP contribution < -0.4 is 26.8 Å². The molecule has 1 atom stereocenters. The van der Waals surface area contributed by atoms with Crippen molar-refractivity contribution < 1.29 is 27.8 Å². The molecule has 8 N–H and O–H groups in total. The molecule has 0 heterocycles. The lowest BCUT2D eigenvalue weighted by atomic mass is 10.1. The number of nitrogens with two attached hydrogens (primary N) is 2. The lowest BCUT2D eigenvalue weighted by Gasteiger charge is -2.20. The number of alkyl halides is 3. The van der Waals surface area contributed by atoms with Gasteiger partial charge < -0.3 is 36.8 Å². The van der Waals surface area contributed by atoms with E-state index in [-0.39, 0.29) is 24.4 Å². The highest BCUT2D eigenvalue weighted by Gasteiger charge is 2.30. The smallest absolute Gasteiger partial charge is 0.416 e. The molecule has 0 radical (unpaired) electrons. The number of carboxylic acids is 1. The van der Waals surface area contributed by atoms with Crippen LogP contribution in [0.2, 0.25) is 10.0 Å². The van der Waals surface area contributed by atoms with Crippen molar-refractivity contribution in [1.29, 1.82) is 5.41 Å². The molecule has 0 saturated heterocycles. The average molecular weight is 735 g/mol. The Bertz CT molecular complexity index is 1670. The minimum absolute atomic E-state index is 0.0642. The minimum Gasteiger partial charge on any atom is -0.486 e. The zero-order valence-corrected chi connectivity index (χ0v) is 29.2. The highest BCUT2D eigenvalue weighted by molar-refractivity contribution is 6.39. The molecule has 4 aromatic carbocycles. The molecule has 0 aliphatic heterocycles. The number of halogens is 5. The van der Waals surface area contributed by atoms with Gasteiger partial charge in [0.25, 0.3) is 0 Å². The standard InChI is InChI=1S/C17H18F3NO.C14H11Cl2NO2.C4H11N5/c1-21-12-11-16(13-5-3-2-4-6-13)22-15-9-7-14(8-10-15)17(18,19)20;15-10-5-3-6-11(16)14(10)17-12-7-2-1-4-9(12)8-13(18)19;1-9(2)4(7)8-3(5)6/h2-10,16,21H,11-12H2,1H3;1-7,17H,8H2,(H,18,19);1-2H3,(H5,5,6,7,8). The van der Waals surface area contributed by atoms with Crippen LogP contribution in [-0.4, -0.2) is 55.6 Å². The fourth-order valence-corrected chi connectivity index (χ4v) is 4.55. The molecule has 4 rings (SSSR count). The number of rotatable bonds is 10. The van der Waals surface area contributed by atoms with Gasteiger partial charge in [-0.05, 0) is 67.2 Å². The lowest BCUT2D eigenvalue weighted by molar-refractivity contribution is -0.138. The number of carbonyl (C=O) groups is 1. The van der Waals surface area contributed by atoms with Crippen molar-refractivity contribution in [2.24, 2.45) is 16.5 Å². The Morgan fingerprint density at radius 2 is 1.52 bits per heavy atom. The Kier molecular flexibility index (Phi) is 16.9. The summed E-state index contributed by atoms with van der Waals surface area (Å²) in [5.41, 5.74) is 12.4. The number of nitrogens with one attached hydrogen (secondary N) is 3. The Morgan fingerprint density at radius 3 is 2.02 bits per heavy atom. The molecule has 268 valence electrons. The fourth-order valence-electron chi connectivity index (χ4n) is 4.06. The molecule has 10 nitrogen and oxygen atoms in total. The minimum atomic E-state index is -4.33. The third kappa shape index (κ3) is 14.6. The van der Waals surface area contributed by atoms with Gasteiger partial charge in [0.1, 0.15) is 11.9 Å². The van der Waals surface area contributed by atoms with Crippen LogP contribution in [0.5, 0.6) is 5.75 Å². The Morgan fingerprint density at radius 1 is 0.940 bits per heavy atom. The van der Waals surface area contributed by atoms with Crippen molar-refractivity contribution in [2.45, 2.75) is 25.1 Å². The second-order valence-electron chi connectivity index (χ2n) is 10.6. The molecule has 0 fully saturated rings. The van der Waals surface area contributed by atoms with Crippen LogP contribution in [0.25, 0.3) is 0 Å². The van der Waals surface area contributed by atoms with E-state index in [1.807, 2.05) is 43.4 Å². The lowest BCUT2D eigenvalue weighted by Crippen LogP contribution is -2.32. The van der Waals surface area contributed by atoms with E-state index in [9.17, 15) is 18.0 Å². The van der Waals surface area contributed by atoms with Crippen LogP contribution in [-0.2, 0) is 17.4 Å². The Hall–Kier alpha value is -4.98. The van der Waals surface area contributed by atoms with Crippen molar-refractivity contribution in [1.82, 2.24) is 10.2 Å². The monoisotopic (exact) mass is 733 g/mol. The summed E-state index contributed by atoms with van der Waals surface area (Å²) in [6.45, 7) is 0.750. The van der Waals surface area contributed by atoms with Crippen molar-refractivity contribution in [2.75, 3.05) is 33.0 Å². The average Bonchev–Trinajstić information content (AvgIpc) is 3.06. The largest absolute Gasteiger partial charge is 0.486 e. The Labute approximate surface area is 299 Å². The highest BCUT2D eigenvalue weighted by atomic mass is 35.5. The number of anilines is 2. The summed E-state index contributed by atoms with van der Waals surface area (Å²) in [6, 6.07) is 26.8. The van der Waals surface area contributed by atoms with E-state index in [0.717, 1.165) is 30.7 Å². The predicted molar refractivity (Wildman–Crippen MR) is 195 cm³/mol. The summed E-state index contributed by atoms with van der Waals surface area (Å²) in [5, 5.41) is 22.7. The van der Waals surface area contributed by atoms with Gasteiger partial charge in [-0.25, -0.2) is 0 Å². The van der Waals surface area contributed by atoms with Crippen molar-refractivity contribution >= 4 is 52.5 Å². The zero-order chi connectivity index (χ0) is 37.3. The predicted octanol–water partition coefficient (Wildman–Crippen LogP) is 7.56. The first-order valence-corrected chi connectivity index (χ1v) is 15.8. The summed E-state index contributed by atoms with van der Waals surface area (Å²) >= 11 is 12.1. The van der Waals surface area contributed by atoms with Gasteiger partial charge in [0.05, 0.1) is 27.7 Å². The van der Waals surface area contributed by atoms with E-state index in [2.05, 4.69) is 15.6 Å². The maximum atomic E-state index is 12.6. The first-order chi connectivity index (χ1) is 23.6. The van der Waals surface area contributed by atoms with E-state index in [4.69, 9.17) is 49.9 Å². The first kappa shape index (κ1) is 41.2. The molecule has 50 heavy (non-hydrogen) atoms. The molecule has 0 bridgehead atoms. The van der Waals surface area contributed by atoms with Crippen LogP contribution in [0.4, 0.5) is 24.5 Å². The maximum Gasteiger partial charge on any atom is 0.416 e. The summed E-state index contributed by atoms with van der Waals surface area (Å²) in [7, 11) is 5.30. The number of ether oxygens (including phenoxy) is 1. The topological polar surface area (TPSA) is 162 Å². The molecule has 0 aliphatic rings. The number of hydrogen-bond donors (Lipinski definition) is 6. The SMILES string of the molecule is CN(C)C(N)=NC(=N)N.CNCCC(Oc1ccc(C(F)(F)F)cc1)c1ccccc1.O=C(O)Cc1ccccc1Nc1c(Cl)cccc1Cl. The highest BCUT2D eigenvalue weighted by Crippen LogP contribution is 2.34. The van der Waals surface area contributed by atoms with Gasteiger partial charge in [0.2, 0.25) is 5.96 Å². The molecular weight excluding hydrogens is 694 g/mol. The molecule has 15 heteroatoms. The summed E-state index contributed by atoms with van der Waals surface area (Å²) in [5.74, 6) is -0.499. The third-order valence-corrected chi connectivity index (χ3v) is 7.19. The van der Waals surface area contributed by atoms with E-state index >= 15 is 0 Å². The number of benzene rings is 4. The number of hydrogen-bond acceptors (Lipinski definition) is 5. The molecular formula is C35H40Cl2F3N7O3. The number of carboxylic acid groups (broad SMARTS) is 1. The van der Waals surface area contributed by atoms with E-state index in [1.165, 1.54) is 12.1 Å². The summed E-state index contributed by atoms with van der Waals surface area (Å²) in [6.07, 6.45) is -3.87. The van der Waals surface area contributed by atoms with Crippen LogP contribution in [0.3, 0.4) is 0 Å². The number of aliphatic carboxylic acids is 1. The zero-order valence-electron chi connectivity index (χ0n) is 27.6. The molecule has 4 aromatic rings. The molecule has 0 saturated carbocycles. The number of nitrogens with zero attached hydrogens (tertiary/aromatic N) is 2. The van der Waals surface area contributed by atoms with Crippen molar-refractivity contribution in [3.8, 4) is 5.75 Å². The number of guanidine groups is 2.